The second-order valence-corrected chi connectivity index (χ2v) is 4.54. The fourth-order valence-electron chi connectivity index (χ4n) is 1.70. The second kappa shape index (κ2) is 6.47. The zero-order valence-corrected chi connectivity index (χ0v) is 11.4. The molecule has 0 unspecified atom stereocenters. The molecule has 2 aromatic rings. The maximum Gasteiger partial charge on any atom is 0.269 e. The number of aryl methyl sites for hydroxylation is 1. The third-order valence-corrected chi connectivity index (χ3v) is 2.85. The standard InChI is InChI=1S/C16H14N2O3/c1-12-2-7-14(8-3-12)17-16(19)11-6-13-4-9-15(10-5-13)18(20)21/h2-11H,1H3,(H,17,19). The lowest BCUT2D eigenvalue weighted by Gasteiger charge is -2.02. The lowest BCUT2D eigenvalue weighted by molar-refractivity contribution is -0.384. The summed E-state index contributed by atoms with van der Waals surface area (Å²) in [5.74, 6) is -0.253. The molecule has 5 heteroatoms. The second-order valence-electron chi connectivity index (χ2n) is 4.54. The molecule has 0 aliphatic carbocycles. The van der Waals surface area contributed by atoms with Crippen LogP contribution in [-0.4, -0.2) is 10.8 Å². The zero-order chi connectivity index (χ0) is 15.2. The summed E-state index contributed by atoms with van der Waals surface area (Å²) < 4.78 is 0. The number of carbonyl (C=O) groups is 1. The zero-order valence-electron chi connectivity index (χ0n) is 11.4. The fourth-order valence-corrected chi connectivity index (χ4v) is 1.70. The van der Waals surface area contributed by atoms with Crippen molar-refractivity contribution in [2.24, 2.45) is 0 Å². The first-order chi connectivity index (χ1) is 10.0. The van der Waals surface area contributed by atoms with Gasteiger partial charge in [-0.05, 0) is 42.8 Å². The molecule has 1 amide bonds. The molecule has 0 heterocycles. The van der Waals surface area contributed by atoms with Crippen LogP contribution in [0.25, 0.3) is 6.08 Å². The van der Waals surface area contributed by atoms with E-state index in [0.717, 1.165) is 16.8 Å². The minimum absolute atomic E-state index is 0.0243. The molecule has 0 radical (unpaired) electrons. The van der Waals surface area contributed by atoms with E-state index in [4.69, 9.17) is 0 Å². The highest BCUT2D eigenvalue weighted by molar-refractivity contribution is 6.01. The van der Waals surface area contributed by atoms with Gasteiger partial charge in [-0.25, -0.2) is 0 Å². The summed E-state index contributed by atoms with van der Waals surface area (Å²) in [5, 5.41) is 13.3. The number of amides is 1. The molecule has 2 aromatic carbocycles. The molecular weight excluding hydrogens is 268 g/mol. The van der Waals surface area contributed by atoms with Crippen LogP contribution in [-0.2, 0) is 4.79 Å². The van der Waals surface area contributed by atoms with E-state index in [9.17, 15) is 14.9 Å². The van der Waals surface area contributed by atoms with Crippen molar-refractivity contribution in [3.8, 4) is 0 Å². The Morgan fingerprint density at radius 2 is 1.71 bits per heavy atom. The largest absolute Gasteiger partial charge is 0.323 e. The van der Waals surface area contributed by atoms with Gasteiger partial charge < -0.3 is 5.32 Å². The molecule has 5 nitrogen and oxygen atoms in total. The molecule has 21 heavy (non-hydrogen) atoms. The van der Waals surface area contributed by atoms with Crippen molar-refractivity contribution in [1.82, 2.24) is 0 Å². The van der Waals surface area contributed by atoms with E-state index < -0.39 is 4.92 Å². The number of hydrogen-bond donors (Lipinski definition) is 1. The van der Waals surface area contributed by atoms with Gasteiger partial charge in [0.15, 0.2) is 0 Å². The van der Waals surface area contributed by atoms with E-state index in [-0.39, 0.29) is 11.6 Å². The Hall–Kier alpha value is -2.95. The summed E-state index contributed by atoms with van der Waals surface area (Å²) in [6.45, 7) is 1.97. The van der Waals surface area contributed by atoms with Crippen LogP contribution in [0.3, 0.4) is 0 Å². The van der Waals surface area contributed by atoms with Gasteiger partial charge in [0.25, 0.3) is 5.69 Å². The number of rotatable bonds is 4. The summed E-state index contributed by atoms with van der Waals surface area (Å²) >= 11 is 0. The molecule has 0 aliphatic heterocycles. The molecule has 106 valence electrons. The monoisotopic (exact) mass is 282 g/mol. The van der Waals surface area contributed by atoms with Gasteiger partial charge in [0.1, 0.15) is 0 Å². The number of nitrogens with zero attached hydrogens (tertiary/aromatic N) is 1. The van der Waals surface area contributed by atoms with Crippen LogP contribution in [0, 0.1) is 17.0 Å². The van der Waals surface area contributed by atoms with E-state index >= 15 is 0 Å². The van der Waals surface area contributed by atoms with Crippen LogP contribution in [0.5, 0.6) is 0 Å². The summed E-state index contributed by atoms with van der Waals surface area (Å²) in [7, 11) is 0. The fraction of sp³-hybridized carbons (Fsp3) is 0.0625. The van der Waals surface area contributed by atoms with Crippen LogP contribution < -0.4 is 5.32 Å². The first-order valence-corrected chi connectivity index (χ1v) is 6.35. The van der Waals surface area contributed by atoms with Crippen LogP contribution in [0.1, 0.15) is 11.1 Å². The Bertz CT molecular complexity index is 674. The van der Waals surface area contributed by atoms with Gasteiger partial charge in [-0.1, -0.05) is 17.7 Å². The lowest BCUT2D eigenvalue weighted by Crippen LogP contribution is -2.07. The lowest BCUT2D eigenvalue weighted by atomic mass is 10.2. The molecule has 0 saturated heterocycles. The van der Waals surface area contributed by atoms with E-state index in [1.807, 2.05) is 31.2 Å². The maximum atomic E-state index is 11.7. The summed E-state index contributed by atoms with van der Waals surface area (Å²) in [5.41, 5.74) is 2.59. The molecular formula is C16H14N2O3. The highest BCUT2D eigenvalue weighted by atomic mass is 16.6. The highest BCUT2D eigenvalue weighted by Crippen LogP contribution is 2.13. The van der Waals surface area contributed by atoms with Gasteiger partial charge in [-0.3, -0.25) is 14.9 Å². The van der Waals surface area contributed by atoms with E-state index in [1.165, 1.54) is 18.2 Å². The van der Waals surface area contributed by atoms with Crippen LogP contribution in [0.4, 0.5) is 11.4 Å². The summed E-state index contributed by atoms with van der Waals surface area (Å²) in [6.07, 6.45) is 2.99. The maximum absolute atomic E-state index is 11.7. The van der Waals surface area contributed by atoms with Crippen molar-refractivity contribution in [2.45, 2.75) is 6.92 Å². The number of non-ortho nitro benzene ring substituents is 1. The smallest absolute Gasteiger partial charge is 0.269 e. The van der Waals surface area contributed by atoms with Gasteiger partial charge in [0.05, 0.1) is 4.92 Å². The predicted molar refractivity (Wildman–Crippen MR) is 81.9 cm³/mol. The molecule has 1 N–H and O–H groups in total. The molecule has 0 atom stereocenters. The Morgan fingerprint density at radius 1 is 1.10 bits per heavy atom. The van der Waals surface area contributed by atoms with Crippen molar-refractivity contribution in [2.75, 3.05) is 5.32 Å². The van der Waals surface area contributed by atoms with Crippen molar-refractivity contribution in [3.63, 3.8) is 0 Å². The van der Waals surface area contributed by atoms with Crippen molar-refractivity contribution >= 4 is 23.4 Å². The minimum atomic E-state index is -0.461. The van der Waals surface area contributed by atoms with Gasteiger partial charge in [0.2, 0.25) is 5.91 Å². The number of nitro groups is 1. The molecule has 2 rings (SSSR count). The number of nitrogens with one attached hydrogen (secondary N) is 1. The number of benzene rings is 2. The predicted octanol–water partition coefficient (Wildman–Crippen LogP) is 3.56. The SMILES string of the molecule is Cc1ccc(NC(=O)C=Cc2ccc([N+](=O)[O-])cc2)cc1. The average molecular weight is 282 g/mol. The number of nitro benzene ring substituents is 1. The van der Waals surface area contributed by atoms with E-state index in [0.29, 0.717) is 0 Å². The van der Waals surface area contributed by atoms with Gasteiger partial charge in [0, 0.05) is 23.9 Å². The Labute approximate surface area is 122 Å². The van der Waals surface area contributed by atoms with E-state index in [2.05, 4.69) is 5.32 Å². The Kier molecular flexibility index (Phi) is 4.46. The van der Waals surface area contributed by atoms with Crippen LogP contribution in [0.2, 0.25) is 0 Å². The number of anilines is 1. The number of carbonyl (C=O) groups excluding carboxylic acids is 1. The van der Waals surface area contributed by atoms with E-state index in [1.54, 1.807) is 18.2 Å². The Morgan fingerprint density at radius 3 is 2.29 bits per heavy atom. The third-order valence-electron chi connectivity index (χ3n) is 2.85. The molecule has 0 spiro atoms. The van der Waals surface area contributed by atoms with Gasteiger partial charge in [-0.2, -0.15) is 0 Å². The number of hydrogen-bond acceptors (Lipinski definition) is 3. The highest BCUT2D eigenvalue weighted by Gasteiger charge is 2.02. The van der Waals surface area contributed by atoms with Crippen molar-refractivity contribution < 1.29 is 9.72 Å². The molecule has 0 saturated carbocycles. The Balaban J connectivity index is 1.98. The van der Waals surface area contributed by atoms with Gasteiger partial charge in [-0.15, -0.1) is 0 Å². The van der Waals surface area contributed by atoms with Crippen LogP contribution in [0.15, 0.2) is 54.6 Å². The normalized spacial score (nSPS) is 10.5. The molecule has 0 bridgehead atoms. The molecule has 0 fully saturated rings. The van der Waals surface area contributed by atoms with Gasteiger partial charge >= 0.3 is 0 Å². The summed E-state index contributed by atoms with van der Waals surface area (Å²) in [4.78, 5) is 21.8. The molecule has 0 aromatic heterocycles. The first-order valence-electron chi connectivity index (χ1n) is 6.35. The van der Waals surface area contributed by atoms with Crippen molar-refractivity contribution in [1.29, 1.82) is 0 Å². The van der Waals surface area contributed by atoms with Crippen molar-refractivity contribution in [3.05, 3.63) is 75.8 Å². The molecule has 0 aliphatic rings. The quantitative estimate of drug-likeness (QED) is 0.529. The average Bonchev–Trinajstić information content (AvgIpc) is 2.48. The third kappa shape index (κ3) is 4.28. The summed E-state index contributed by atoms with van der Waals surface area (Å²) in [6, 6.07) is 13.5. The minimum Gasteiger partial charge on any atom is -0.323 e. The van der Waals surface area contributed by atoms with Crippen LogP contribution >= 0.6 is 0 Å². The first kappa shape index (κ1) is 14.5. The topological polar surface area (TPSA) is 72.2 Å².